The summed E-state index contributed by atoms with van der Waals surface area (Å²) in [6.45, 7) is 7.51. The van der Waals surface area contributed by atoms with Crippen molar-refractivity contribution < 1.29 is 4.21 Å². The van der Waals surface area contributed by atoms with E-state index in [9.17, 15) is 4.21 Å². The zero-order valence-corrected chi connectivity index (χ0v) is 10.2. The van der Waals surface area contributed by atoms with Crippen molar-refractivity contribution in [3.05, 3.63) is 0 Å². The number of hydrogen-bond acceptors (Lipinski definition) is 3. The third kappa shape index (κ3) is 4.00. The third-order valence-electron chi connectivity index (χ3n) is 2.35. The maximum absolute atomic E-state index is 11.1. The summed E-state index contributed by atoms with van der Waals surface area (Å²) in [6, 6.07) is 0. The van der Waals surface area contributed by atoms with Gasteiger partial charge in [0.2, 0.25) is 0 Å². The highest BCUT2D eigenvalue weighted by atomic mass is 32.2. The molecule has 1 aliphatic heterocycles. The summed E-state index contributed by atoms with van der Waals surface area (Å²) < 4.78 is 11.1. The Morgan fingerprint density at radius 1 is 1.38 bits per heavy atom. The minimum absolute atomic E-state index is 0.280. The van der Waals surface area contributed by atoms with E-state index in [1.54, 1.807) is 0 Å². The van der Waals surface area contributed by atoms with Crippen molar-refractivity contribution in [2.45, 2.75) is 13.8 Å². The predicted octanol–water partition coefficient (Wildman–Crippen LogP) is 1.01. The average Bonchev–Trinajstić information content (AvgIpc) is 2.09. The van der Waals surface area contributed by atoms with Crippen LogP contribution in [0.15, 0.2) is 0 Å². The van der Waals surface area contributed by atoms with Crippen LogP contribution < -0.4 is 0 Å². The second-order valence-electron chi connectivity index (χ2n) is 4.45. The molecule has 0 bridgehead atoms. The SMILES string of the molecule is CC(C)(CS)CN1CCS(=O)CC1. The van der Waals surface area contributed by atoms with Crippen molar-refractivity contribution in [1.29, 1.82) is 0 Å². The van der Waals surface area contributed by atoms with Gasteiger partial charge in [0.15, 0.2) is 0 Å². The molecule has 0 radical (unpaired) electrons. The lowest BCUT2D eigenvalue weighted by atomic mass is 9.95. The first-order chi connectivity index (χ1) is 6.03. The van der Waals surface area contributed by atoms with Crippen molar-refractivity contribution in [3.63, 3.8) is 0 Å². The van der Waals surface area contributed by atoms with Crippen molar-refractivity contribution >= 4 is 23.4 Å². The summed E-state index contributed by atoms with van der Waals surface area (Å²) in [6.07, 6.45) is 0. The molecule has 1 aliphatic rings. The third-order valence-corrected chi connectivity index (χ3v) is 4.48. The lowest BCUT2D eigenvalue weighted by molar-refractivity contribution is 0.209. The largest absolute Gasteiger partial charge is 0.301 e. The maximum atomic E-state index is 11.1. The van der Waals surface area contributed by atoms with Gasteiger partial charge in [-0.25, -0.2) is 0 Å². The number of rotatable bonds is 3. The summed E-state index contributed by atoms with van der Waals surface area (Å²) >= 11 is 4.33. The molecule has 0 atom stereocenters. The highest BCUT2D eigenvalue weighted by molar-refractivity contribution is 7.85. The van der Waals surface area contributed by atoms with E-state index in [4.69, 9.17) is 0 Å². The quantitative estimate of drug-likeness (QED) is 0.718. The van der Waals surface area contributed by atoms with Crippen LogP contribution in [-0.2, 0) is 10.8 Å². The van der Waals surface area contributed by atoms with Crippen molar-refractivity contribution in [2.75, 3.05) is 36.9 Å². The summed E-state index contributed by atoms with van der Waals surface area (Å²) in [5.41, 5.74) is 0.280. The zero-order valence-electron chi connectivity index (χ0n) is 8.45. The van der Waals surface area contributed by atoms with Crippen LogP contribution in [0.3, 0.4) is 0 Å². The first kappa shape index (κ1) is 11.5. The van der Waals surface area contributed by atoms with E-state index in [1.807, 2.05) is 0 Å². The van der Waals surface area contributed by atoms with Crippen LogP contribution in [0.2, 0.25) is 0 Å². The van der Waals surface area contributed by atoms with E-state index in [0.29, 0.717) is 0 Å². The minimum Gasteiger partial charge on any atom is -0.301 e. The molecule has 0 aliphatic carbocycles. The first-order valence-electron chi connectivity index (χ1n) is 4.72. The Morgan fingerprint density at radius 2 is 1.92 bits per heavy atom. The lowest BCUT2D eigenvalue weighted by Crippen LogP contribution is -2.43. The molecule has 0 aromatic heterocycles. The fourth-order valence-corrected chi connectivity index (χ4v) is 2.72. The molecule has 1 saturated heterocycles. The Balaban J connectivity index is 2.34. The molecular formula is C9H19NOS2. The van der Waals surface area contributed by atoms with Gasteiger partial charge in [0.05, 0.1) is 0 Å². The number of nitrogens with zero attached hydrogens (tertiary/aromatic N) is 1. The van der Waals surface area contributed by atoms with E-state index in [0.717, 1.165) is 36.9 Å². The Bertz CT molecular complexity index is 184. The molecule has 0 aromatic rings. The molecule has 1 fully saturated rings. The molecule has 0 saturated carbocycles. The van der Waals surface area contributed by atoms with Gasteiger partial charge in [-0.15, -0.1) is 0 Å². The second kappa shape index (κ2) is 4.80. The maximum Gasteiger partial charge on any atom is 0.0363 e. The highest BCUT2D eigenvalue weighted by Crippen LogP contribution is 2.19. The van der Waals surface area contributed by atoms with Gasteiger partial charge in [-0.1, -0.05) is 13.8 Å². The molecule has 78 valence electrons. The number of hydrogen-bond donors (Lipinski definition) is 1. The van der Waals surface area contributed by atoms with Crippen molar-refractivity contribution in [2.24, 2.45) is 5.41 Å². The van der Waals surface area contributed by atoms with E-state index in [2.05, 4.69) is 31.4 Å². The topological polar surface area (TPSA) is 20.3 Å². The van der Waals surface area contributed by atoms with Gasteiger partial charge in [0.1, 0.15) is 0 Å². The molecule has 13 heavy (non-hydrogen) atoms. The Kier molecular flexibility index (Phi) is 4.26. The van der Waals surface area contributed by atoms with E-state index in [-0.39, 0.29) is 5.41 Å². The minimum atomic E-state index is -0.552. The summed E-state index contributed by atoms with van der Waals surface area (Å²) in [4.78, 5) is 2.40. The molecule has 0 aromatic carbocycles. The van der Waals surface area contributed by atoms with Gasteiger partial charge in [-0.05, 0) is 11.2 Å². The van der Waals surface area contributed by atoms with Gasteiger partial charge in [0.25, 0.3) is 0 Å². The van der Waals surface area contributed by atoms with Crippen LogP contribution in [0, 0.1) is 5.41 Å². The van der Waals surface area contributed by atoms with Gasteiger partial charge in [0, 0.05) is 41.9 Å². The summed E-state index contributed by atoms with van der Waals surface area (Å²) in [7, 11) is -0.552. The van der Waals surface area contributed by atoms with Crippen LogP contribution in [0.1, 0.15) is 13.8 Å². The van der Waals surface area contributed by atoms with E-state index in [1.165, 1.54) is 0 Å². The molecule has 0 amide bonds. The van der Waals surface area contributed by atoms with E-state index < -0.39 is 10.8 Å². The van der Waals surface area contributed by atoms with E-state index >= 15 is 0 Å². The molecular weight excluding hydrogens is 202 g/mol. The molecule has 1 heterocycles. The Labute approximate surface area is 88.9 Å². The van der Waals surface area contributed by atoms with Gasteiger partial charge in [-0.2, -0.15) is 12.6 Å². The first-order valence-corrected chi connectivity index (χ1v) is 6.84. The van der Waals surface area contributed by atoms with Crippen molar-refractivity contribution in [3.8, 4) is 0 Å². The van der Waals surface area contributed by atoms with Gasteiger partial charge in [-0.3, -0.25) is 4.21 Å². The smallest absolute Gasteiger partial charge is 0.0363 e. The fourth-order valence-electron chi connectivity index (χ4n) is 1.49. The standard InChI is InChI=1S/C9H19NOS2/c1-9(2,8-12)7-10-3-5-13(11)6-4-10/h12H,3-8H2,1-2H3. The van der Waals surface area contributed by atoms with Crippen LogP contribution in [-0.4, -0.2) is 46.0 Å². The fraction of sp³-hybridized carbons (Fsp3) is 1.00. The molecule has 2 nitrogen and oxygen atoms in total. The normalized spacial score (nSPS) is 22.1. The second-order valence-corrected chi connectivity index (χ2v) is 6.46. The molecule has 0 spiro atoms. The molecule has 0 N–H and O–H groups in total. The average molecular weight is 221 g/mol. The summed E-state index contributed by atoms with van der Waals surface area (Å²) in [5.74, 6) is 2.61. The highest BCUT2D eigenvalue weighted by Gasteiger charge is 2.22. The molecule has 0 unspecified atom stereocenters. The van der Waals surface area contributed by atoms with Crippen LogP contribution in [0.4, 0.5) is 0 Å². The Morgan fingerprint density at radius 3 is 2.38 bits per heavy atom. The van der Waals surface area contributed by atoms with Crippen LogP contribution in [0.5, 0.6) is 0 Å². The van der Waals surface area contributed by atoms with Gasteiger partial charge >= 0.3 is 0 Å². The summed E-state index contributed by atoms with van der Waals surface area (Å²) in [5, 5.41) is 0. The van der Waals surface area contributed by atoms with Gasteiger partial charge < -0.3 is 4.90 Å². The van der Waals surface area contributed by atoms with Crippen LogP contribution in [0.25, 0.3) is 0 Å². The lowest BCUT2D eigenvalue weighted by Gasteiger charge is -2.33. The van der Waals surface area contributed by atoms with Crippen molar-refractivity contribution in [1.82, 2.24) is 4.90 Å². The number of thiol groups is 1. The van der Waals surface area contributed by atoms with Crippen LogP contribution >= 0.6 is 12.6 Å². The Hall–Kier alpha value is 0.460. The molecule has 1 rings (SSSR count). The molecule has 4 heteroatoms. The zero-order chi connectivity index (χ0) is 9.90. The monoisotopic (exact) mass is 221 g/mol. The predicted molar refractivity (Wildman–Crippen MR) is 62.0 cm³/mol.